The summed E-state index contributed by atoms with van der Waals surface area (Å²) in [6, 6.07) is 7.52. The number of aromatic amines is 1. The van der Waals surface area contributed by atoms with Crippen molar-refractivity contribution >= 4 is 34.3 Å². The molecule has 1 saturated heterocycles. The predicted molar refractivity (Wildman–Crippen MR) is 80.5 cm³/mol. The highest BCUT2D eigenvalue weighted by molar-refractivity contribution is 8.00. The van der Waals surface area contributed by atoms with Crippen LogP contribution < -0.4 is 11.1 Å². The van der Waals surface area contributed by atoms with Gasteiger partial charge in [-0.2, -0.15) is 11.8 Å². The van der Waals surface area contributed by atoms with Gasteiger partial charge in [-0.25, -0.2) is 0 Å². The molecule has 2 aromatic rings. The maximum absolute atomic E-state index is 12.1. The number of thioether (sulfide) groups is 1. The summed E-state index contributed by atoms with van der Waals surface area (Å²) in [7, 11) is 0. The minimum Gasteiger partial charge on any atom is -0.397 e. The molecule has 1 aromatic heterocycles. The van der Waals surface area contributed by atoms with Crippen LogP contribution in [0.5, 0.6) is 0 Å². The van der Waals surface area contributed by atoms with Crippen molar-refractivity contribution in [2.75, 3.05) is 18.0 Å². The number of hydrogen-bond acceptors (Lipinski definition) is 3. The molecular formula is C14H17N3OS. The topological polar surface area (TPSA) is 70.9 Å². The molecule has 100 valence electrons. The molecule has 19 heavy (non-hydrogen) atoms. The lowest BCUT2D eigenvalue weighted by atomic mass is 10.2. The van der Waals surface area contributed by atoms with Gasteiger partial charge in [0.05, 0.1) is 11.2 Å². The van der Waals surface area contributed by atoms with Gasteiger partial charge in [-0.3, -0.25) is 4.79 Å². The Morgan fingerprint density at radius 1 is 1.53 bits per heavy atom. The van der Waals surface area contributed by atoms with Crippen molar-refractivity contribution in [1.82, 2.24) is 10.3 Å². The van der Waals surface area contributed by atoms with Gasteiger partial charge in [-0.15, -0.1) is 0 Å². The number of anilines is 1. The standard InChI is InChI=1S/C14H17N3OS/c15-11-5-1-3-9-7-12(17-13(9)11)14(18)16-8-10-4-2-6-19-10/h1,3,5,7,10,17H,2,4,6,8,15H2,(H,16,18). The van der Waals surface area contributed by atoms with E-state index in [1.54, 1.807) is 0 Å². The van der Waals surface area contributed by atoms with Gasteiger partial charge < -0.3 is 16.0 Å². The lowest BCUT2D eigenvalue weighted by Crippen LogP contribution is -2.29. The summed E-state index contributed by atoms with van der Waals surface area (Å²) in [6.45, 7) is 0.744. The van der Waals surface area contributed by atoms with Gasteiger partial charge in [0.1, 0.15) is 5.69 Å². The van der Waals surface area contributed by atoms with E-state index < -0.39 is 0 Å². The molecule has 1 aliphatic heterocycles. The largest absolute Gasteiger partial charge is 0.397 e. The highest BCUT2D eigenvalue weighted by atomic mass is 32.2. The van der Waals surface area contributed by atoms with Crippen LogP contribution >= 0.6 is 11.8 Å². The average Bonchev–Trinajstić information content (AvgIpc) is 3.05. The van der Waals surface area contributed by atoms with E-state index >= 15 is 0 Å². The first-order chi connectivity index (χ1) is 9.24. The number of nitrogen functional groups attached to an aromatic ring is 1. The number of rotatable bonds is 3. The third-order valence-corrected chi connectivity index (χ3v) is 4.85. The van der Waals surface area contributed by atoms with Crippen molar-refractivity contribution in [3.05, 3.63) is 30.0 Å². The number of amides is 1. The van der Waals surface area contributed by atoms with Gasteiger partial charge in [0.2, 0.25) is 0 Å². The first-order valence-electron chi connectivity index (χ1n) is 6.51. The Hall–Kier alpha value is -1.62. The van der Waals surface area contributed by atoms with E-state index in [-0.39, 0.29) is 5.91 Å². The smallest absolute Gasteiger partial charge is 0.267 e. The van der Waals surface area contributed by atoms with Crippen molar-refractivity contribution in [2.45, 2.75) is 18.1 Å². The minimum absolute atomic E-state index is 0.0527. The first kappa shape index (κ1) is 12.4. The molecule has 0 aliphatic carbocycles. The number of hydrogen-bond donors (Lipinski definition) is 3. The molecule has 4 nitrogen and oxygen atoms in total. The summed E-state index contributed by atoms with van der Waals surface area (Å²) in [5.41, 5.74) is 7.96. The summed E-state index contributed by atoms with van der Waals surface area (Å²) in [6.07, 6.45) is 2.46. The summed E-state index contributed by atoms with van der Waals surface area (Å²) < 4.78 is 0. The average molecular weight is 275 g/mol. The number of nitrogens with one attached hydrogen (secondary N) is 2. The molecule has 1 aliphatic rings. The van der Waals surface area contributed by atoms with Crippen LogP contribution in [-0.2, 0) is 0 Å². The Kier molecular flexibility index (Phi) is 3.38. The number of nitrogens with two attached hydrogens (primary N) is 1. The molecule has 1 atom stereocenters. The highest BCUT2D eigenvalue weighted by Gasteiger charge is 2.17. The predicted octanol–water partition coefficient (Wildman–Crippen LogP) is 2.38. The number of benzene rings is 1. The molecular weight excluding hydrogens is 258 g/mol. The Morgan fingerprint density at radius 2 is 2.42 bits per heavy atom. The molecule has 5 heteroatoms. The SMILES string of the molecule is Nc1cccc2cc(C(=O)NCC3CCCS3)[nH]c12. The monoisotopic (exact) mass is 275 g/mol. The van der Waals surface area contributed by atoms with Crippen LogP contribution in [0.15, 0.2) is 24.3 Å². The van der Waals surface area contributed by atoms with Crippen molar-refractivity contribution in [3.63, 3.8) is 0 Å². The van der Waals surface area contributed by atoms with E-state index in [9.17, 15) is 4.79 Å². The van der Waals surface area contributed by atoms with E-state index in [2.05, 4.69) is 10.3 Å². The van der Waals surface area contributed by atoms with Gasteiger partial charge in [0.25, 0.3) is 5.91 Å². The van der Waals surface area contributed by atoms with Crippen molar-refractivity contribution < 1.29 is 4.79 Å². The van der Waals surface area contributed by atoms with Crippen LogP contribution in [0.25, 0.3) is 10.9 Å². The number of carbonyl (C=O) groups is 1. The molecule has 1 aromatic carbocycles. The maximum atomic E-state index is 12.1. The summed E-state index contributed by atoms with van der Waals surface area (Å²) in [5, 5.41) is 4.53. The van der Waals surface area contributed by atoms with Crippen LogP contribution in [0.1, 0.15) is 23.3 Å². The number of para-hydroxylation sites is 1. The second kappa shape index (κ2) is 5.17. The molecule has 2 heterocycles. The van der Waals surface area contributed by atoms with Gasteiger partial charge in [0.15, 0.2) is 0 Å². The number of fused-ring (bicyclic) bond motifs is 1. The number of aromatic nitrogens is 1. The summed E-state index contributed by atoms with van der Waals surface area (Å²) >= 11 is 1.94. The number of carbonyl (C=O) groups excluding carboxylic acids is 1. The Bertz CT molecular complexity index is 602. The fourth-order valence-electron chi connectivity index (χ4n) is 2.41. The van der Waals surface area contributed by atoms with E-state index in [0.29, 0.717) is 16.6 Å². The third-order valence-electron chi connectivity index (χ3n) is 3.45. The molecule has 1 amide bonds. The Labute approximate surface area is 116 Å². The Morgan fingerprint density at radius 3 is 3.16 bits per heavy atom. The Balaban J connectivity index is 1.72. The normalized spacial score (nSPS) is 18.8. The van der Waals surface area contributed by atoms with Gasteiger partial charge >= 0.3 is 0 Å². The lowest BCUT2D eigenvalue weighted by molar-refractivity contribution is 0.0949. The molecule has 0 spiro atoms. The van der Waals surface area contributed by atoms with Crippen LogP contribution in [0, 0.1) is 0 Å². The first-order valence-corrected chi connectivity index (χ1v) is 7.56. The zero-order valence-corrected chi connectivity index (χ0v) is 11.4. The van der Waals surface area contributed by atoms with Crippen molar-refractivity contribution in [1.29, 1.82) is 0 Å². The molecule has 0 saturated carbocycles. The van der Waals surface area contributed by atoms with E-state index in [1.807, 2.05) is 36.0 Å². The lowest BCUT2D eigenvalue weighted by Gasteiger charge is -2.09. The molecule has 1 fully saturated rings. The zero-order chi connectivity index (χ0) is 13.2. The molecule has 0 radical (unpaired) electrons. The van der Waals surface area contributed by atoms with Crippen molar-refractivity contribution in [2.24, 2.45) is 0 Å². The molecule has 4 N–H and O–H groups in total. The van der Waals surface area contributed by atoms with Gasteiger partial charge in [0, 0.05) is 17.2 Å². The van der Waals surface area contributed by atoms with E-state index in [0.717, 1.165) is 17.4 Å². The minimum atomic E-state index is -0.0527. The molecule has 3 rings (SSSR count). The van der Waals surface area contributed by atoms with E-state index in [4.69, 9.17) is 5.73 Å². The molecule has 0 bridgehead atoms. The van der Waals surface area contributed by atoms with Gasteiger partial charge in [-0.1, -0.05) is 12.1 Å². The maximum Gasteiger partial charge on any atom is 0.267 e. The summed E-state index contributed by atoms with van der Waals surface area (Å²) in [4.78, 5) is 15.2. The van der Waals surface area contributed by atoms with Crippen LogP contribution in [0.3, 0.4) is 0 Å². The zero-order valence-electron chi connectivity index (χ0n) is 10.6. The fourth-order valence-corrected chi connectivity index (χ4v) is 3.61. The quantitative estimate of drug-likeness (QED) is 0.753. The van der Waals surface area contributed by atoms with Crippen LogP contribution in [-0.4, -0.2) is 28.4 Å². The second-order valence-corrected chi connectivity index (χ2v) is 6.25. The fraction of sp³-hybridized carbons (Fsp3) is 0.357. The van der Waals surface area contributed by atoms with Crippen LogP contribution in [0.2, 0.25) is 0 Å². The van der Waals surface area contributed by atoms with Crippen LogP contribution in [0.4, 0.5) is 5.69 Å². The third kappa shape index (κ3) is 2.56. The second-order valence-electron chi connectivity index (χ2n) is 4.84. The molecule has 1 unspecified atom stereocenters. The highest BCUT2D eigenvalue weighted by Crippen LogP contribution is 2.25. The van der Waals surface area contributed by atoms with E-state index in [1.165, 1.54) is 18.6 Å². The number of H-pyrrole nitrogens is 1. The van der Waals surface area contributed by atoms with Crippen molar-refractivity contribution in [3.8, 4) is 0 Å². The van der Waals surface area contributed by atoms with Gasteiger partial charge in [-0.05, 0) is 30.7 Å². The summed E-state index contributed by atoms with van der Waals surface area (Å²) in [5.74, 6) is 1.16.